The Morgan fingerprint density at radius 1 is 1.15 bits per heavy atom. The van der Waals surface area contributed by atoms with Gasteiger partial charge in [-0.15, -0.1) is 0 Å². The predicted molar refractivity (Wildman–Crippen MR) is 103 cm³/mol. The zero-order valence-corrected chi connectivity index (χ0v) is 15.5. The molecular formula is C19H17Cl2NO4. The molecule has 1 N–H and O–H groups in total. The SMILES string of the molecule is CCOc1ccccc1/C=C/C(=O)OCC(=O)Nc1cc(Cl)ccc1Cl. The van der Waals surface area contributed by atoms with Crippen LogP contribution in [0.5, 0.6) is 5.75 Å². The average molecular weight is 394 g/mol. The van der Waals surface area contributed by atoms with Crippen molar-refractivity contribution in [1.82, 2.24) is 0 Å². The molecule has 5 nitrogen and oxygen atoms in total. The molecule has 2 aromatic rings. The molecule has 0 aromatic heterocycles. The van der Waals surface area contributed by atoms with Crippen LogP contribution < -0.4 is 10.1 Å². The van der Waals surface area contributed by atoms with Gasteiger partial charge in [0.15, 0.2) is 6.61 Å². The quantitative estimate of drug-likeness (QED) is 0.551. The van der Waals surface area contributed by atoms with Crippen LogP contribution in [0.4, 0.5) is 5.69 Å². The highest BCUT2D eigenvalue weighted by Crippen LogP contribution is 2.25. The molecule has 0 fully saturated rings. The molecule has 0 radical (unpaired) electrons. The summed E-state index contributed by atoms with van der Waals surface area (Å²) in [7, 11) is 0. The van der Waals surface area contributed by atoms with Gasteiger partial charge in [-0.3, -0.25) is 4.79 Å². The van der Waals surface area contributed by atoms with E-state index < -0.39 is 18.5 Å². The molecule has 2 rings (SSSR count). The van der Waals surface area contributed by atoms with E-state index in [9.17, 15) is 9.59 Å². The molecule has 7 heteroatoms. The number of anilines is 1. The Hall–Kier alpha value is -2.50. The summed E-state index contributed by atoms with van der Waals surface area (Å²) in [5.74, 6) is -0.512. The van der Waals surface area contributed by atoms with E-state index in [0.717, 1.165) is 5.56 Å². The van der Waals surface area contributed by atoms with E-state index in [1.54, 1.807) is 24.3 Å². The van der Waals surface area contributed by atoms with Crippen LogP contribution in [0.1, 0.15) is 12.5 Å². The highest BCUT2D eigenvalue weighted by Gasteiger charge is 2.09. The second-order valence-electron chi connectivity index (χ2n) is 5.08. The summed E-state index contributed by atoms with van der Waals surface area (Å²) in [6.07, 6.45) is 2.80. The lowest BCUT2D eigenvalue weighted by atomic mass is 10.2. The van der Waals surface area contributed by atoms with Gasteiger partial charge in [0.05, 0.1) is 17.3 Å². The lowest BCUT2D eigenvalue weighted by Gasteiger charge is -2.08. The largest absolute Gasteiger partial charge is 0.493 e. The van der Waals surface area contributed by atoms with Crippen LogP contribution in [0.2, 0.25) is 10.0 Å². The normalized spacial score (nSPS) is 10.6. The minimum Gasteiger partial charge on any atom is -0.493 e. The van der Waals surface area contributed by atoms with Crippen molar-refractivity contribution in [3.63, 3.8) is 0 Å². The fraction of sp³-hybridized carbons (Fsp3) is 0.158. The van der Waals surface area contributed by atoms with Gasteiger partial charge in [0.2, 0.25) is 0 Å². The van der Waals surface area contributed by atoms with Crippen LogP contribution in [0, 0.1) is 0 Å². The third-order valence-electron chi connectivity index (χ3n) is 3.17. The molecule has 0 saturated carbocycles. The monoisotopic (exact) mass is 393 g/mol. The van der Waals surface area contributed by atoms with Gasteiger partial charge >= 0.3 is 5.97 Å². The lowest BCUT2D eigenvalue weighted by molar-refractivity contribution is -0.142. The van der Waals surface area contributed by atoms with Crippen molar-refractivity contribution >= 4 is 46.8 Å². The van der Waals surface area contributed by atoms with E-state index >= 15 is 0 Å². The number of carbonyl (C=O) groups excluding carboxylic acids is 2. The molecule has 0 aliphatic heterocycles. The molecule has 2 aromatic carbocycles. The fourth-order valence-electron chi connectivity index (χ4n) is 2.03. The van der Waals surface area contributed by atoms with E-state index in [1.807, 2.05) is 25.1 Å². The second-order valence-corrected chi connectivity index (χ2v) is 5.93. The number of hydrogen-bond donors (Lipinski definition) is 1. The van der Waals surface area contributed by atoms with Gasteiger partial charge in [0.25, 0.3) is 5.91 Å². The topological polar surface area (TPSA) is 64.6 Å². The summed E-state index contributed by atoms with van der Waals surface area (Å²) < 4.78 is 10.4. The lowest BCUT2D eigenvalue weighted by Crippen LogP contribution is -2.20. The highest BCUT2D eigenvalue weighted by atomic mass is 35.5. The number of halogens is 2. The standard InChI is InChI=1S/C19H17Cl2NO4/c1-2-25-17-6-4-3-5-13(17)7-10-19(24)26-12-18(23)22-16-11-14(20)8-9-15(16)21/h3-11H,2,12H2,1H3,(H,22,23)/b10-7+. The van der Waals surface area contributed by atoms with Crippen LogP contribution in [0.25, 0.3) is 6.08 Å². The third kappa shape index (κ3) is 6.10. The molecule has 26 heavy (non-hydrogen) atoms. The van der Waals surface area contributed by atoms with Crippen molar-refractivity contribution in [3.8, 4) is 5.75 Å². The Kier molecular flexibility index (Phi) is 7.51. The summed E-state index contributed by atoms with van der Waals surface area (Å²) in [6.45, 7) is 1.94. The van der Waals surface area contributed by atoms with Crippen molar-refractivity contribution in [2.75, 3.05) is 18.5 Å². The van der Waals surface area contributed by atoms with Crippen LogP contribution >= 0.6 is 23.2 Å². The van der Waals surface area contributed by atoms with Gasteiger partial charge in [0, 0.05) is 16.7 Å². The van der Waals surface area contributed by atoms with E-state index in [1.165, 1.54) is 12.1 Å². The van der Waals surface area contributed by atoms with Gasteiger partial charge < -0.3 is 14.8 Å². The van der Waals surface area contributed by atoms with Crippen molar-refractivity contribution in [1.29, 1.82) is 0 Å². The number of amides is 1. The number of hydrogen-bond acceptors (Lipinski definition) is 4. The Morgan fingerprint density at radius 3 is 2.69 bits per heavy atom. The second kappa shape index (κ2) is 9.85. The summed E-state index contributed by atoms with van der Waals surface area (Å²) in [4.78, 5) is 23.6. The molecule has 0 aliphatic carbocycles. The third-order valence-corrected chi connectivity index (χ3v) is 3.73. The number of benzene rings is 2. The molecule has 0 bridgehead atoms. The maximum absolute atomic E-state index is 11.9. The zero-order chi connectivity index (χ0) is 18.9. The summed E-state index contributed by atoms with van der Waals surface area (Å²) >= 11 is 11.8. The first-order chi connectivity index (χ1) is 12.5. The molecule has 0 heterocycles. The molecule has 0 atom stereocenters. The molecular weight excluding hydrogens is 377 g/mol. The van der Waals surface area contributed by atoms with E-state index in [-0.39, 0.29) is 0 Å². The maximum atomic E-state index is 11.9. The highest BCUT2D eigenvalue weighted by molar-refractivity contribution is 6.35. The number of para-hydroxylation sites is 1. The van der Waals surface area contributed by atoms with Crippen LogP contribution in [-0.2, 0) is 14.3 Å². The first-order valence-corrected chi connectivity index (χ1v) is 8.56. The molecule has 136 valence electrons. The Labute approximate surface area is 161 Å². The van der Waals surface area contributed by atoms with Crippen LogP contribution in [0.15, 0.2) is 48.5 Å². The number of esters is 1. The van der Waals surface area contributed by atoms with Gasteiger partial charge in [-0.2, -0.15) is 0 Å². The predicted octanol–water partition coefficient (Wildman–Crippen LogP) is 4.59. The molecule has 0 aliphatic rings. The van der Waals surface area contributed by atoms with Crippen LogP contribution in [0.3, 0.4) is 0 Å². The Bertz CT molecular complexity index is 821. The van der Waals surface area contributed by atoms with Crippen molar-refractivity contribution in [2.45, 2.75) is 6.92 Å². The summed E-state index contributed by atoms with van der Waals surface area (Å²) in [5.41, 5.74) is 1.09. The first kappa shape index (κ1) is 19.8. The van der Waals surface area contributed by atoms with Crippen LogP contribution in [-0.4, -0.2) is 25.1 Å². The Morgan fingerprint density at radius 2 is 1.92 bits per heavy atom. The summed E-state index contributed by atoms with van der Waals surface area (Å²) in [5, 5.41) is 3.29. The van der Waals surface area contributed by atoms with Gasteiger partial charge in [0.1, 0.15) is 5.75 Å². The maximum Gasteiger partial charge on any atom is 0.331 e. The first-order valence-electron chi connectivity index (χ1n) is 7.81. The van der Waals surface area contributed by atoms with Crippen molar-refractivity contribution < 1.29 is 19.1 Å². The van der Waals surface area contributed by atoms with Gasteiger partial charge in [-0.25, -0.2) is 4.79 Å². The molecule has 1 amide bonds. The average Bonchev–Trinajstić information content (AvgIpc) is 2.62. The van der Waals surface area contributed by atoms with Gasteiger partial charge in [-0.1, -0.05) is 41.4 Å². The van der Waals surface area contributed by atoms with E-state index in [2.05, 4.69) is 5.32 Å². The Balaban J connectivity index is 1.88. The molecule has 0 unspecified atom stereocenters. The van der Waals surface area contributed by atoms with E-state index in [4.69, 9.17) is 32.7 Å². The fourth-order valence-corrected chi connectivity index (χ4v) is 2.36. The van der Waals surface area contributed by atoms with Gasteiger partial charge in [-0.05, 0) is 37.3 Å². The smallest absolute Gasteiger partial charge is 0.331 e. The van der Waals surface area contributed by atoms with E-state index in [0.29, 0.717) is 28.1 Å². The minimum atomic E-state index is -0.649. The number of rotatable bonds is 7. The van der Waals surface area contributed by atoms with Crippen molar-refractivity contribution in [2.24, 2.45) is 0 Å². The molecule has 0 saturated heterocycles. The summed E-state index contributed by atoms with van der Waals surface area (Å²) in [6, 6.07) is 11.9. The number of carbonyl (C=O) groups is 2. The number of nitrogens with one attached hydrogen (secondary N) is 1. The molecule has 0 spiro atoms. The minimum absolute atomic E-state index is 0.335. The zero-order valence-electron chi connectivity index (χ0n) is 14.0. The number of ether oxygens (including phenoxy) is 2. The van der Waals surface area contributed by atoms with Crippen molar-refractivity contribution in [3.05, 3.63) is 64.1 Å².